The van der Waals surface area contributed by atoms with Crippen molar-refractivity contribution >= 4 is 0 Å². The van der Waals surface area contributed by atoms with Gasteiger partial charge in [-0.1, -0.05) is 176 Å². The first-order valence-electron chi connectivity index (χ1n) is 18.2. The lowest BCUT2D eigenvalue weighted by atomic mass is 9.93. The predicted octanol–water partition coefficient (Wildman–Crippen LogP) is 13.2. The lowest BCUT2D eigenvalue weighted by Crippen LogP contribution is -2.00. The van der Waals surface area contributed by atoms with Crippen molar-refractivity contribution < 1.29 is 0 Å². The Balaban J connectivity index is 1.14. The van der Waals surface area contributed by atoms with Crippen molar-refractivity contribution in [1.29, 1.82) is 0 Å². The molecule has 0 radical (unpaired) electrons. The molecule has 0 unspecified atom stereocenters. The van der Waals surface area contributed by atoms with Crippen LogP contribution in [0.3, 0.4) is 0 Å². The van der Waals surface area contributed by atoms with Crippen LogP contribution in [-0.2, 0) is 0 Å². The first-order chi connectivity index (χ1) is 26.7. The molecule has 1 heterocycles. The zero-order valence-electron chi connectivity index (χ0n) is 29.5. The average Bonchev–Trinajstić information content (AvgIpc) is 3.27. The highest BCUT2D eigenvalue weighted by atomic mass is 15.0. The number of hydrogen-bond donors (Lipinski definition) is 0. The van der Waals surface area contributed by atoms with Crippen LogP contribution in [0.5, 0.6) is 0 Å². The van der Waals surface area contributed by atoms with E-state index < -0.39 is 0 Å². The molecule has 0 N–H and O–H groups in total. The summed E-state index contributed by atoms with van der Waals surface area (Å²) in [6.07, 6.45) is 0. The monoisotopic (exact) mass is 689 g/mol. The van der Waals surface area contributed by atoms with Gasteiger partial charge in [-0.05, 0) is 92.0 Å². The lowest BCUT2D eigenvalue weighted by molar-refractivity contribution is 1.07. The highest BCUT2D eigenvalue weighted by Gasteiger charge is 2.15. The van der Waals surface area contributed by atoms with Gasteiger partial charge in [-0.25, -0.2) is 15.0 Å². The van der Waals surface area contributed by atoms with Gasteiger partial charge in [-0.3, -0.25) is 0 Å². The molecule has 0 saturated carbocycles. The van der Waals surface area contributed by atoms with Gasteiger partial charge in [0.1, 0.15) is 0 Å². The quantitative estimate of drug-likeness (QED) is 0.159. The Morgan fingerprint density at radius 2 is 0.389 bits per heavy atom. The van der Waals surface area contributed by atoms with E-state index in [0.29, 0.717) is 17.5 Å². The normalized spacial score (nSPS) is 11.0. The van der Waals surface area contributed by atoms with Crippen LogP contribution in [0.25, 0.3) is 89.8 Å². The fourth-order valence-corrected chi connectivity index (χ4v) is 6.92. The zero-order chi connectivity index (χ0) is 36.1. The number of hydrogen-bond acceptors (Lipinski definition) is 3. The summed E-state index contributed by atoms with van der Waals surface area (Å²) in [5.74, 6) is 1.91. The summed E-state index contributed by atoms with van der Waals surface area (Å²) < 4.78 is 0. The van der Waals surface area contributed by atoms with Crippen LogP contribution in [0.2, 0.25) is 0 Å². The Morgan fingerprint density at radius 3 is 0.778 bits per heavy atom. The average molecular weight is 690 g/mol. The Labute approximate surface area is 316 Å². The molecule has 0 aliphatic heterocycles. The Kier molecular flexibility index (Phi) is 8.94. The van der Waals surface area contributed by atoms with Crippen molar-refractivity contribution in [2.24, 2.45) is 0 Å². The minimum atomic E-state index is 0.628. The second kappa shape index (κ2) is 14.8. The topological polar surface area (TPSA) is 38.7 Å². The molecular formula is C51H35N3. The van der Waals surface area contributed by atoms with Crippen molar-refractivity contribution in [2.75, 3.05) is 0 Å². The van der Waals surface area contributed by atoms with Gasteiger partial charge in [-0.15, -0.1) is 0 Å². The van der Waals surface area contributed by atoms with Crippen molar-refractivity contribution in [2.45, 2.75) is 0 Å². The maximum Gasteiger partial charge on any atom is 0.164 e. The van der Waals surface area contributed by atoms with Crippen LogP contribution in [0, 0.1) is 0 Å². The summed E-state index contributed by atoms with van der Waals surface area (Å²) in [6, 6.07) is 74.3. The number of nitrogens with zero attached hydrogens (tertiary/aromatic N) is 3. The summed E-state index contributed by atoms with van der Waals surface area (Å²) in [5.41, 5.74) is 14.3. The van der Waals surface area contributed by atoms with E-state index in [9.17, 15) is 0 Å². The molecule has 0 bridgehead atoms. The molecule has 9 aromatic rings. The van der Waals surface area contributed by atoms with Gasteiger partial charge in [0.15, 0.2) is 17.5 Å². The van der Waals surface area contributed by atoms with Crippen LogP contribution in [0.15, 0.2) is 212 Å². The standard InChI is InChI=1S/C51H35N3/c1-5-16-36(17-6-1)40-24-13-25-41(30-40)42-26-14-27-43(31-42)44-28-15-29-45(32-44)47-33-46(37-18-7-2-8-19-37)34-48(35-47)51-53-49(38-20-9-3-10-21-38)52-50(54-51)39-22-11-4-12-23-39/h1-35H. The van der Waals surface area contributed by atoms with Crippen LogP contribution >= 0.6 is 0 Å². The smallest absolute Gasteiger partial charge is 0.164 e. The van der Waals surface area contributed by atoms with Crippen LogP contribution in [-0.4, -0.2) is 15.0 Å². The van der Waals surface area contributed by atoms with Gasteiger partial charge in [0.25, 0.3) is 0 Å². The van der Waals surface area contributed by atoms with Crippen molar-refractivity contribution in [1.82, 2.24) is 15.0 Å². The van der Waals surface area contributed by atoms with Crippen LogP contribution in [0.4, 0.5) is 0 Å². The fraction of sp³-hybridized carbons (Fsp3) is 0. The van der Waals surface area contributed by atoms with E-state index in [4.69, 9.17) is 15.0 Å². The van der Waals surface area contributed by atoms with Crippen LogP contribution in [0.1, 0.15) is 0 Å². The second-order valence-electron chi connectivity index (χ2n) is 13.3. The number of aromatic nitrogens is 3. The molecule has 0 atom stereocenters. The minimum Gasteiger partial charge on any atom is -0.208 e. The van der Waals surface area contributed by atoms with E-state index in [2.05, 4.69) is 146 Å². The molecule has 3 heteroatoms. The van der Waals surface area contributed by atoms with E-state index in [0.717, 1.165) is 50.1 Å². The SMILES string of the molecule is c1ccc(-c2cccc(-c3cccc(-c4cccc(-c5cc(-c6ccccc6)cc(-c6nc(-c7ccccc7)nc(-c7ccccc7)n6)c5)c4)c3)c2)cc1. The molecule has 1 aromatic heterocycles. The van der Waals surface area contributed by atoms with Gasteiger partial charge in [0.2, 0.25) is 0 Å². The highest BCUT2D eigenvalue weighted by molar-refractivity contribution is 5.83. The molecule has 9 rings (SSSR count). The van der Waals surface area contributed by atoms with Crippen molar-refractivity contribution in [3.8, 4) is 89.8 Å². The van der Waals surface area contributed by atoms with Crippen molar-refractivity contribution in [3.05, 3.63) is 212 Å². The third-order valence-corrected chi connectivity index (χ3v) is 9.69. The van der Waals surface area contributed by atoms with E-state index in [1.54, 1.807) is 0 Å². The number of benzene rings is 8. The maximum absolute atomic E-state index is 5.08. The first kappa shape index (κ1) is 32.7. The van der Waals surface area contributed by atoms with Gasteiger partial charge in [0.05, 0.1) is 0 Å². The van der Waals surface area contributed by atoms with E-state index in [1.807, 2.05) is 66.7 Å². The molecule has 0 aliphatic rings. The Bertz CT molecular complexity index is 2630. The summed E-state index contributed by atoms with van der Waals surface area (Å²) in [6.45, 7) is 0. The van der Waals surface area contributed by atoms with Gasteiger partial charge in [0, 0.05) is 16.7 Å². The molecule has 254 valence electrons. The third-order valence-electron chi connectivity index (χ3n) is 9.69. The molecule has 3 nitrogen and oxygen atoms in total. The van der Waals surface area contributed by atoms with E-state index in [-0.39, 0.29) is 0 Å². The van der Waals surface area contributed by atoms with Crippen molar-refractivity contribution in [3.63, 3.8) is 0 Å². The summed E-state index contributed by atoms with van der Waals surface area (Å²) >= 11 is 0. The summed E-state index contributed by atoms with van der Waals surface area (Å²) in [4.78, 5) is 15.1. The molecule has 0 saturated heterocycles. The van der Waals surface area contributed by atoms with Gasteiger partial charge in [-0.2, -0.15) is 0 Å². The Hall–Kier alpha value is -7.23. The molecular weight excluding hydrogens is 655 g/mol. The molecule has 0 fully saturated rings. The van der Waals surface area contributed by atoms with E-state index in [1.165, 1.54) is 22.3 Å². The minimum absolute atomic E-state index is 0.628. The maximum atomic E-state index is 5.08. The highest BCUT2D eigenvalue weighted by Crippen LogP contribution is 2.36. The summed E-state index contributed by atoms with van der Waals surface area (Å²) in [5, 5.41) is 0. The molecule has 54 heavy (non-hydrogen) atoms. The zero-order valence-corrected chi connectivity index (χ0v) is 29.5. The largest absolute Gasteiger partial charge is 0.208 e. The van der Waals surface area contributed by atoms with Crippen LogP contribution < -0.4 is 0 Å². The fourth-order valence-electron chi connectivity index (χ4n) is 6.92. The molecule has 8 aromatic carbocycles. The van der Waals surface area contributed by atoms with E-state index >= 15 is 0 Å². The second-order valence-corrected chi connectivity index (χ2v) is 13.3. The predicted molar refractivity (Wildman–Crippen MR) is 223 cm³/mol. The first-order valence-corrected chi connectivity index (χ1v) is 18.2. The lowest BCUT2D eigenvalue weighted by Gasteiger charge is -2.13. The Morgan fingerprint density at radius 1 is 0.167 bits per heavy atom. The summed E-state index contributed by atoms with van der Waals surface area (Å²) in [7, 11) is 0. The molecule has 0 aliphatic carbocycles. The molecule has 0 amide bonds. The molecule has 0 spiro atoms. The third kappa shape index (κ3) is 6.99. The number of rotatable bonds is 8. The van der Waals surface area contributed by atoms with Gasteiger partial charge < -0.3 is 0 Å². The van der Waals surface area contributed by atoms with Gasteiger partial charge >= 0.3 is 0 Å².